The number of aromatic carboxylic acids is 1. The van der Waals surface area contributed by atoms with E-state index < -0.39 is 11.9 Å². The zero-order valence-corrected chi connectivity index (χ0v) is 12.2. The van der Waals surface area contributed by atoms with E-state index in [0.717, 1.165) is 36.1 Å². The van der Waals surface area contributed by atoms with Crippen LogP contribution in [0.15, 0.2) is 10.7 Å². The van der Waals surface area contributed by atoms with Gasteiger partial charge >= 0.3 is 5.97 Å². The lowest BCUT2D eigenvalue weighted by molar-refractivity contribution is 0.0697. The normalized spacial score (nSPS) is 13.8. The fraction of sp³-hybridized carbons (Fsp3) is 0.357. The zero-order valence-electron chi connectivity index (χ0n) is 11.4. The zero-order chi connectivity index (χ0) is 15.0. The molecule has 2 aromatic heterocycles. The molecule has 0 bridgehead atoms. The Balaban J connectivity index is 1.95. The number of anilines is 1. The van der Waals surface area contributed by atoms with Crippen LogP contribution >= 0.6 is 11.3 Å². The summed E-state index contributed by atoms with van der Waals surface area (Å²) in [5.74, 6) is -1.36. The topological polar surface area (TPSA) is 92.4 Å². The molecule has 110 valence electrons. The molecular formula is C14H14N2O4S. The van der Waals surface area contributed by atoms with Crippen LogP contribution in [0.4, 0.5) is 5.00 Å². The van der Waals surface area contributed by atoms with E-state index in [1.165, 1.54) is 17.5 Å². The van der Waals surface area contributed by atoms with Gasteiger partial charge in [-0.15, -0.1) is 11.3 Å². The molecule has 1 amide bonds. The minimum absolute atomic E-state index is 0.109. The van der Waals surface area contributed by atoms with Crippen molar-refractivity contribution in [1.82, 2.24) is 5.16 Å². The van der Waals surface area contributed by atoms with Gasteiger partial charge in [0.05, 0.1) is 11.8 Å². The molecule has 7 heteroatoms. The van der Waals surface area contributed by atoms with Gasteiger partial charge in [0, 0.05) is 10.4 Å². The maximum atomic E-state index is 12.2. The maximum Gasteiger partial charge on any atom is 0.339 e. The predicted octanol–water partition coefficient (Wildman–Crippen LogP) is 2.87. The highest BCUT2D eigenvalue weighted by Crippen LogP contribution is 2.38. The number of carbonyl (C=O) groups excluding carboxylic acids is 1. The first kappa shape index (κ1) is 13.8. The number of carboxylic acids is 1. The van der Waals surface area contributed by atoms with Gasteiger partial charge < -0.3 is 14.9 Å². The van der Waals surface area contributed by atoms with Crippen LogP contribution in [0.3, 0.4) is 0 Å². The van der Waals surface area contributed by atoms with Crippen LogP contribution in [0.1, 0.15) is 49.8 Å². The molecule has 0 unspecified atom stereocenters. The average Bonchev–Trinajstić information content (AvgIpc) is 3.01. The first-order chi connectivity index (χ1) is 10.1. The predicted molar refractivity (Wildman–Crippen MR) is 77.1 cm³/mol. The lowest BCUT2D eigenvalue weighted by Crippen LogP contribution is -2.14. The third-order valence-electron chi connectivity index (χ3n) is 3.57. The number of hydrogen-bond acceptors (Lipinski definition) is 5. The fourth-order valence-corrected chi connectivity index (χ4v) is 3.83. The number of thiophene rings is 1. The van der Waals surface area contributed by atoms with Gasteiger partial charge in [0.25, 0.3) is 5.91 Å². The Bertz CT molecular complexity index is 717. The lowest BCUT2D eigenvalue weighted by Gasteiger charge is -2.10. The van der Waals surface area contributed by atoms with Crippen molar-refractivity contribution < 1.29 is 19.2 Å². The number of hydrogen-bond donors (Lipinski definition) is 2. The summed E-state index contributed by atoms with van der Waals surface area (Å²) in [7, 11) is 0. The van der Waals surface area contributed by atoms with Gasteiger partial charge in [-0.05, 0) is 38.2 Å². The molecule has 0 atom stereocenters. The second kappa shape index (κ2) is 5.33. The molecule has 3 rings (SSSR count). The van der Waals surface area contributed by atoms with E-state index in [4.69, 9.17) is 4.52 Å². The molecule has 1 aliphatic carbocycles. The van der Waals surface area contributed by atoms with Crippen molar-refractivity contribution in [1.29, 1.82) is 0 Å². The summed E-state index contributed by atoms with van der Waals surface area (Å²) in [6, 6.07) is 0. The third-order valence-corrected chi connectivity index (χ3v) is 4.77. The van der Waals surface area contributed by atoms with Crippen LogP contribution in [0.5, 0.6) is 0 Å². The van der Waals surface area contributed by atoms with Crippen LogP contribution in [0, 0.1) is 6.92 Å². The molecule has 6 nitrogen and oxygen atoms in total. The number of nitrogens with zero attached hydrogens (tertiary/aromatic N) is 1. The summed E-state index contributed by atoms with van der Waals surface area (Å²) < 4.78 is 4.90. The summed E-state index contributed by atoms with van der Waals surface area (Å²) in [5.41, 5.74) is 1.70. The fourth-order valence-electron chi connectivity index (χ4n) is 2.55. The van der Waals surface area contributed by atoms with Gasteiger partial charge in [-0.2, -0.15) is 0 Å². The highest BCUT2D eigenvalue weighted by Gasteiger charge is 2.27. The first-order valence-corrected chi connectivity index (χ1v) is 7.50. The van der Waals surface area contributed by atoms with Gasteiger partial charge in [0.1, 0.15) is 5.00 Å². The van der Waals surface area contributed by atoms with Crippen molar-refractivity contribution in [2.24, 2.45) is 0 Å². The van der Waals surface area contributed by atoms with Gasteiger partial charge in [-0.25, -0.2) is 4.79 Å². The Labute approximate surface area is 124 Å². The molecule has 2 heterocycles. The third kappa shape index (κ3) is 2.44. The van der Waals surface area contributed by atoms with E-state index in [9.17, 15) is 14.7 Å². The minimum Gasteiger partial charge on any atom is -0.478 e. The van der Waals surface area contributed by atoms with Crippen molar-refractivity contribution in [3.8, 4) is 0 Å². The van der Waals surface area contributed by atoms with E-state index in [0.29, 0.717) is 10.6 Å². The van der Waals surface area contributed by atoms with E-state index in [-0.39, 0.29) is 11.3 Å². The molecule has 2 aromatic rings. The monoisotopic (exact) mass is 306 g/mol. The smallest absolute Gasteiger partial charge is 0.339 e. The van der Waals surface area contributed by atoms with Gasteiger partial charge in [0.15, 0.2) is 0 Å². The molecule has 2 N–H and O–H groups in total. The van der Waals surface area contributed by atoms with Crippen molar-refractivity contribution in [3.05, 3.63) is 33.5 Å². The molecule has 0 saturated heterocycles. The summed E-state index contributed by atoms with van der Waals surface area (Å²) >= 11 is 1.35. The SMILES string of the molecule is Cc1cnoc1C(=O)Nc1sc2c(c1C(=O)O)CCCC2. The number of amides is 1. The summed E-state index contributed by atoms with van der Waals surface area (Å²) in [6.45, 7) is 1.71. The van der Waals surface area contributed by atoms with Gasteiger partial charge in [-0.3, -0.25) is 4.79 Å². The number of fused-ring (bicyclic) bond motifs is 1. The minimum atomic E-state index is -1.00. The van der Waals surface area contributed by atoms with Crippen LogP contribution < -0.4 is 5.32 Å². The van der Waals surface area contributed by atoms with Gasteiger partial charge in [0.2, 0.25) is 5.76 Å². The molecule has 0 spiro atoms. The maximum absolute atomic E-state index is 12.2. The quantitative estimate of drug-likeness (QED) is 0.909. The Morgan fingerprint density at radius 1 is 1.38 bits per heavy atom. The molecule has 0 radical (unpaired) electrons. The number of carboxylic acid groups (broad SMARTS) is 1. The molecule has 0 fully saturated rings. The highest BCUT2D eigenvalue weighted by atomic mass is 32.1. The van der Waals surface area contributed by atoms with E-state index >= 15 is 0 Å². The number of rotatable bonds is 3. The second-order valence-electron chi connectivity index (χ2n) is 5.01. The Morgan fingerprint density at radius 2 is 2.14 bits per heavy atom. The number of aromatic nitrogens is 1. The largest absolute Gasteiger partial charge is 0.478 e. The number of nitrogens with one attached hydrogen (secondary N) is 1. The van der Waals surface area contributed by atoms with Gasteiger partial charge in [-0.1, -0.05) is 5.16 Å². The van der Waals surface area contributed by atoms with Crippen molar-refractivity contribution in [2.45, 2.75) is 32.6 Å². The molecule has 0 saturated carbocycles. The highest BCUT2D eigenvalue weighted by molar-refractivity contribution is 7.17. The van der Waals surface area contributed by atoms with E-state index in [1.54, 1.807) is 6.92 Å². The standard InChI is InChI=1S/C14H14N2O4S/c1-7-6-15-20-11(7)12(17)16-13-10(14(18)19)8-4-2-3-5-9(8)21-13/h6H,2-5H2,1H3,(H,16,17)(H,18,19). The number of carbonyl (C=O) groups is 2. The molecule has 0 aromatic carbocycles. The summed E-state index contributed by atoms with van der Waals surface area (Å²) in [4.78, 5) is 24.7. The molecular weight excluding hydrogens is 292 g/mol. The van der Waals surface area contributed by atoms with Crippen LogP contribution in [0.2, 0.25) is 0 Å². The first-order valence-electron chi connectivity index (χ1n) is 6.68. The van der Waals surface area contributed by atoms with Crippen LogP contribution in [-0.4, -0.2) is 22.1 Å². The Morgan fingerprint density at radius 3 is 2.81 bits per heavy atom. The van der Waals surface area contributed by atoms with E-state index in [2.05, 4.69) is 10.5 Å². The second-order valence-corrected chi connectivity index (χ2v) is 6.12. The van der Waals surface area contributed by atoms with E-state index in [1.807, 2.05) is 0 Å². The summed E-state index contributed by atoms with van der Waals surface area (Å²) in [6.07, 6.45) is 5.12. The van der Waals surface area contributed by atoms with Crippen molar-refractivity contribution in [2.75, 3.05) is 5.32 Å². The average molecular weight is 306 g/mol. The lowest BCUT2D eigenvalue weighted by atomic mass is 9.95. The Hall–Kier alpha value is -2.15. The van der Waals surface area contributed by atoms with Crippen molar-refractivity contribution >= 4 is 28.2 Å². The molecule has 21 heavy (non-hydrogen) atoms. The van der Waals surface area contributed by atoms with Crippen LogP contribution in [-0.2, 0) is 12.8 Å². The number of aryl methyl sites for hydroxylation is 2. The van der Waals surface area contributed by atoms with Crippen LogP contribution in [0.25, 0.3) is 0 Å². The van der Waals surface area contributed by atoms with Crippen molar-refractivity contribution in [3.63, 3.8) is 0 Å². The Kier molecular flexibility index (Phi) is 3.50. The summed E-state index contributed by atoms with van der Waals surface area (Å²) in [5, 5.41) is 16.0. The molecule has 0 aliphatic heterocycles. The molecule has 1 aliphatic rings.